The van der Waals surface area contributed by atoms with Gasteiger partial charge in [-0.2, -0.15) is 5.10 Å². The molecule has 9 heteroatoms. The van der Waals surface area contributed by atoms with E-state index in [-0.39, 0.29) is 16.4 Å². The van der Waals surface area contributed by atoms with Gasteiger partial charge in [-0.05, 0) is 60.2 Å². The Bertz CT molecular complexity index is 1210. The van der Waals surface area contributed by atoms with Crippen LogP contribution in [0.25, 0.3) is 0 Å². The van der Waals surface area contributed by atoms with Gasteiger partial charge in [-0.1, -0.05) is 36.9 Å². The van der Waals surface area contributed by atoms with Crippen molar-refractivity contribution in [2.75, 3.05) is 26.1 Å². The minimum atomic E-state index is -0.119. The predicted octanol–water partition coefficient (Wildman–Crippen LogP) is 5.91. The number of nitrogens with one attached hydrogen (secondary N) is 1. The van der Waals surface area contributed by atoms with Gasteiger partial charge in [-0.25, -0.2) is 5.01 Å². The Morgan fingerprint density at radius 2 is 1.86 bits per heavy atom. The van der Waals surface area contributed by atoms with Crippen molar-refractivity contribution in [2.24, 2.45) is 5.10 Å². The highest BCUT2D eigenvalue weighted by Gasteiger charge is 2.30. The summed E-state index contributed by atoms with van der Waals surface area (Å²) in [5.74, 6) is 1.16. The van der Waals surface area contributed by atoms with Crippen molar-refractivity contribution in [1.82, 2.24) is 5.01 Å². The smallest absolute Gasteiger partial charge is 0.302 e. The fourth-order valence-electron chi connectivity index (χ4n) is 3.72. The number of ether oxygens (including phenoxy) is 2. The molecule has 0 fully saturated rings. The number of methoxy groups -OCH3 is 2. The zero-order chi connectivity index (χ0) is 24.8. The maximum atomic E-state index is 12.8. The normalized spacial score (nSPS) is 15.5. The number of carbonyl (C=O) groups is 2. The van der Waals surface area contributed by atoms with Gasteiger partial charge in [0.2, 0.25) is 0 Å². The van der Waals surface area contributed by atoms with E-state index in [0.29, 0.717) is 29.3 Å². The quantitative estimate of drug-likeness (QED) is 0.388. The minimum absolute atomic E-state index is 0.0249. The molecule has 0 aliphatic carbocycles. The zero-order valence-electron chi connectivity index (χ0n) is 19.8. The van der Waals surface area contributed by atoms with Crippen LogP contribution >= 0.6 is 23.1 Å². The molecule has 7 nitrogen and oxygen atoms in total. The number of nitrogens with zero attached hydrogens (tertiary/aromatic N) is 2. The maximum absolute atomic E-state index is 12.8. The molecule has 0 saturated carbocycles. The van der Waals surface area contributed by atoms with E-state index >= 15 is 0 Å². The summed E-state index contributed by atoms with van der Waals surface area (Å²) in [7, 11) is 3.20. The van der Waals surface area contributed by atoms with Crippen LogP contribution in [0, 0.1) is 0 Å². The Morgan fingerprint density at radius 1 is 1.09 bits per heavy atom. The molecule has 2 heterocycles. The molecular weight excluding hydrogens is 482 g/mol. The molecule has 0 radical (unpaired) electrons. The Balaban J connectivity index is 1.45. The van der Waals surface area contributed by atoms with Crippen LogP contribution in [0.2, 0.25) is 0 Å². The van der Waals surface area contributed by atoms with E-state index in [1.807, 2.05) is 53.9 Å². The zero-order valence-corrected chi connectivity index (χ0v) is 21.4. The molecule has 1 N–H and O–H groups in total. The predicted molar refractivity (Wildman–Crippen MR) is 142 cm³/mol. The fraction of sp³-hybridized carbons (Fsp3) is 0.269. The van der Waals surface area contributed by atoms with Crippen LogP contribution in [0.5, 0.6) is 11.5 Å². The first-order valence-electron chi connectivity index (χ1n) is 11.2. The van der Waals surface area contributed by atoms with E-state index in [0.717, 1.165) is 28.9 Å². The van der Waals surface area contributed by atoms with E-state index < -0.39 is 0 Å². The van der Waals surface area contributed by atoms with Gasteiger partial charge in [0.05, 0.1) is 30.1 Å². The maximum Gasteiger partial charge on any atom is 0.302 e. The lowest BCUT2D eigenvalue weighted by Crippen LogP contribution is -2.36. The van der Waals surface area contributed by atoms with Gasteiger partial charge < -0.3 is 14.8 Å². The largest absolute Gasteiger partial charge is 0.493 e. The second kappa shape index (κ2) is 11.4. The summed E-state index contributed by atoms with van der Waals surface area (Å²) >= 11 is 2.71. The summed E-state index contributed by atoms with van der Waals surface area (Å²) in [6, 6.07) is 17.0. The van der Waals surface area contributed by atoms with Gasteiger partial charge in [-0.3, -0.25) is 9.59 Å². The second-order valence-corrected chi connectivity index (χ2v) is 9.94. The van der Waals surface area contributed by atoms with Gasteiger partial charge in [0.1, 0.15) is 0 Å². The summed E-state index contributed by atoms with van der Waals surface area (Å²) in [5, 5.41) is 11.0. The van der Waals surface area contributed by atoms with Crippen LogP contribution in [0.1, 0.15) is 34.1 Å². The van der Waals surface area contributed by atoms with E-state index in [9.17, 15) is 9.59 Å². The fourth-order valence-corrected chi connectivity index (χ4v) is 5.30. The van der Waals surface area contributed by atoms with E-state index in [1.54, 1.807) is 20.3 Å². The number of carbonyl (C=O) groups excluding carboxylic acids is 2. The molecule has 4 rings (SSSR count). The molecule has 2 aromatic carbocycles. The number of hydrogen-bond acceptors (Lipinski definition) is 7. The molecule has 0 spiro atoms. The first kappa shape index (κ1) is 24.8. The van der Waals surface area contributed by atoms with Crippen LogP contribution < -0.4 is 14.8 Å². The summed E-state index contributed by atoms with van der Waals surface area (Å²) in [6.45, 7) is 2.51. The standard InChI is InChI=1S/C26H27N3O4S2/c1-4-22-24(18-9-12-20(32-2)21(16-18)33-3)28-29(26(31)35-22)14-13-17-7-10-19(11-8-17)27-25(30)23-6-5-15-34-23/h5-12,15-16,22H,4,13-14H2,1-3H3,(H,27,30). The topological polar surface area (TPSA) is 80.2 Å². The lowest BCUT2D eigenvalue weighted by molar-refractivity contribution is 0.103. The molecule has 1 unspecified atom stereocenters. The molecule has 35 heavy (non-hydrogen) atoms. The SMILES string of the molecule is CCC1SC(=O)N(CCc2ccc(NC(=O)c3cccs3)cc2)N=C1c1ccc(OC)c(OC)c1. The highest BCUT2D eigenvalue weighted by Crippen LogP contribution is 2.33. The summed E-state index contributed by atoms with van der Waals surface area (Å²) < 4.78 is 10.8. The van der Waals surface area contributed by atoms with Crippen molar-refractivity contribution in [3.8, 4) is 11.5 Å². The molecule has 2 amide bonds. The Labute approximate surface area is 213 Å². The Kier molecular flexibility index (Phi) is 8.09. The number of thioether (sulfide) groups is 1. The number of rotatable bonds is 9. The van der Waals surface area contributed by atoms with Gasteiger partial charge in [0.25, 0.3) is 5.91 Å². The average molecular weight is 510 g/mol. The molecule has 0 bridgehead atoms. The minimum Gasteiger partial charge on any atom is -0.493 e. The number of benzene rings is 2. The third kappa shape index (κ3) is 5.86. The summed E-state index contributed by atoms with van der Waals surface area (Å²) in [5.41, 5.74) is 3.55. The Morgan fingerprint density at radius 3 is 2.51 bits per heavy atom. The third-order valence-electron chi connectivity index (χ3n) is 5.61. The summed E-state index contributed by atoms with van der Waals surface area (Å²) in [4.78, 5) is 25.7. The molecule has 182 valence electrons. The van der Waals surface area contributed by atoms with Gasteiger partial charge in [-0.15, -0.1) is 11.3 Å². The van der Waals surface area contributed by atoms with Crippen molar-refractivity contribution in [3.05, 3.63) is 76.0 Å². The highest BCUT2D eigenvalue weighted by atomic mass is 32.2. The monoisotopic (exact) mass is 509 g/mol. The molecule has 1 atom stereocenters. The van der Waals surface area contributed by atoms with Crippen LogP contribution in [0.15, 0.2) is 65.1 Å². The van der Waals surface area contributed by atoms with E-state index in [2.05, 4.69) is 12.2 Å². The average Bonchev–Trinajstić information content (AvgIpc) is 3.43. The second-order valence-electron chi connectivity index (χ2n) is 7.84. The number of hydrogen-bond donors (Lipinski definition) is 1. The van der Waals surface area contributed by atoms with Crippen LogP contribution in [0.4, 0.5) is 10.5 Å². The van der Waals surface area contributed by atoms with Gasteiger partial charge in [0, 0.05) is 17.8 Å². The molecule has 0 saturated heterocycles. The van der Waals surface area contributed by atoms with Crippen molar-refractivity contribution >= 4 is 45.6 Å². The molecule has 1 aliphatic heterocycles. The molecule has 1 aliphatic rings. The lowest BCUT2D eigenvalue weighted by atomic mass is 10.0. The summed E-state index contributed by atoms with van der Waals surface area (Å²) in [6.07, 6.45) is 1.43. The molecule has 3 aromatic rings. The number of anilines is 1. The number of thiophene rings is 1. The van der Waals surface area contributed by atoms with E-state index in [1.165, 1.54) is 28.1 Å². The van der Waals surface area contributed by atoms with E-state index in [4.69, 9.17) is 14.6 Å². The Hall–Kier alpha value is -3.30. The molecular formula is C26H27N3O4S2. The van der Waals surface area contributed by atoms with Crippen molar-refractivity contribution in [3.63, 3.8) is 0 Å². The van der Waals surface area contributed by atoms with Crippen molar-refractivity contribution < 1.29 is 19.1 Å². The van der Waals surface area contributed by atoms with Crippen LogP contribution in [-0.2, 0) is 6.42 Å². The molecule has 1 aromatic heterocycles. The lowest BCUT2D eigenvalue weighted by Gasteiger charge is -2.28. The van der Waals surface area contributed by atoms with Crippen molar-refractivity contribution in [1.29, 1.82) is 0 Å². The first-order valence-corrected chi connectivity index (χ1v) is 13.0. The first-order chi connectivity index (χ1) is 17.0. The van der Waals surface area contributed by atoms with Crippen molar-refractivity contribution in [2.45, 2.75) is 25.0 Å². The van der Waals surface area contributed by atoms with Gasteiger partial charge in [0.15, 0.2) is 11.5 Å². The highest BCUT2D eigenvalue weighted by molar-refractivity contribution is 8.14. The van der Waals surface area contributed by atoms with Crippen LogP contribution in [0.3, 0.4) is 0 Å². The van der Waals surface area contributed by atoms with Gasteiger partial charge >= 0.3 is 5.24 Å². The number of amides is 2. The third-order valence-corrected chi connectivity index (χ3v) is 7.73. The van der Waals surface area contributed by atoms with Crippen LogP contribution in [-0.4, -0.2) is 47.9 Å². The number of hydrazone groups is 1.